The molecule has 0 radical (unpaired) electrons. The molecule has 1 aliphatic heterocycles. The molecule has 5 nitrogen and oxygen atoms in total. The van der Waals surface area contributed by atoms with E-state index in [0.29, 0.717) is 5.69 Å². The number of anilines is 2. The summed E-state index contributed by atoms with van der Waals surface area (Å²) in [6.45, 7) is 6.23. The maximum absolute atomic E-state index is 12.7. The highest BCUT2D eigenvalue weighted by Gasteiger charge is 2.15. The van der Waals surface area contributed by atoms with E-state index in [-0.39, 0.29) is 5.91 Å². The van der Waals surface area contributed by atoms with Gasteiger partial charge >= 0.3 is 0 Å². The molecule has 0 aliphatic carbocycles. The van der Waals surface area contributed by atoms with Gasteiger partial charge in [0.2, 0.25) is 0 Å². The van der Waals surface area contributed by atoms with E-state index in [4.69, 9.17) is 0 Å². The van der Waals surface area contributed by atoms with E-state index >= 15 is 0 Å². The van der Waals surface area contributed by atoms with Crippen molar-refractivity contribution in [3.8, 4) is 0 Å². The van der Waals surface area contributed by atoms with Crippen molar-refractivity contribution in [2.45, 2.75) is 52.4 Å². The molecule has 1 saturated heterocycles. The molecule has 0 atom stereocenters. The van der Waals surface area contributed by atoms with Gasteiger partial charge in [-0.1, -0.05) is 44.9 Å². The average molecular weight is 352 g/mol. The molecule has 138 valence electrons. The normalized spacial score (nSPS) is 14.8. The summed E-state index contributed by atoms with van der Waals surface area (Å²) in [5.74, 6) is 0.669. The second-order valence-corrected chi connectivity index (χ2v) is 6.77. The summed E-state index contributed by atoms with van der Waals surface area (Å²) in [7, 11) is 0. The zero-order chi connectivity index (χ0) is 18.4. The minimum Gasteiger partial charge on any atom is -0.355 e. The average Bonchev–Trinajstić information content (AvgIpc) is 2.97. The van der Waals surface area contributed by atoms with E-state index in [1.807, 2.05) is 6.07 Å². The lowest BCUT2D eigenvalue weighted by Gasteiger charge is -2.20. The molecule has 0 bridgehead atoms. The zero-order valence-electron chi connectivity index (χ0n) is 15.8. The molecule has 1 aliphatic rings. The van der Waals surface area contributed by atoms with Gasteiger partial charge in [0.25, 0.3) is 5.91 Å². The molecular formula is C21H28N4O. The van der Waals surface area contributed by atoms with Crippen molar-refractivity contribution in [2.24, 2.45) is 0 Å². The first kappa shape index (κ1) is 18.4. The fourth-order valence-electron chi connectivity index (χ4n) is 3.48. The molecule has 2 aromatic rings. The maximum Gasteiger partial charge on any atom is 0.275 e. The molecule has 0 unspecified atom stereocenters. The summed E-state index contributed by atoms with van der Waals surface area (Å²) < 4.78 is 0. The van der Waals surface area contributed by atoms with Gasteiger partial charge in [-0.2, -0.15) is 0 Å². The van der Waals surface area contributed by atoms with Crippen LogP contribution in [0.15, 0.2) is 30.6 Å². The summed E-state index contributed by atoms with van der Waals surface area (Å²) in [6.07, 6.45) is 10.0. The molecule has 2 heterocycles. The van der Waals surface area contributed by atoms with Crippen LogP contribution in [0.5, 0.6) is 0 Å². The molecule has 26 heavy (non-hydrogen) atoms. The first-order valence-corrected chi connectivity index (χ1v) is 9.72. The second kappa shape index (κ2) is 8.79. The molecule has 0 saturated carbocycles. The maximum atomic E-state index is 12.7. The highest BCUT2D eigenvalue weighted by Crippen LogP contribution is 2.23. The van der Waals surface area contributed by atoms with Crippen molar-refractivity contribution in [2.75, 3.05) is 23.3 Å². The summed E-state index contributed by atoms with van der Waals surface area (Å²) in [6, 6.07) is 6.16. The van der Waals surface area contributed by atoms with E-state index in [9.17, 15) is 4.79 Å². The van der Waals surface area contributed by atoms with Crippen LogP contribution in [0.2, 0.25) is 0 Å². The van der Waals surface area contributed by atoms with Gasteiger partial charge in [-0.15, -0.1) is 0 Å². The van der Waals surface area contributed by atoms with Gasteiger partial charge in [0.05, 0.1) is 12.4 Å². The summed E-state index contributed by atoms with van der Waals surface area (Å²) in [4.78, 5) is 23.8. The fraction of sp³-hybridized carbons (Fsp3) is 0.476. The number of nitrogens with zero attached hydrogens (tertiary/aromatic N) is 3. The Balaban J connectivity index is 1.74. The highest BCUT2D eigenvalue weighted by atomic mass is 16.1. The second-order valence-electron chi connectivity index (χ2n) is 6.77. The molecule has 1 aromatic heterocycles. The number of hydrogen-bond acceptors (Lipinski definition) is 4. The van der Waals surface area contributed by atoms with Crippen molar-refractivity contribution in [3.63, 3.8) is 0 Å². The monoisotopic (exact) mass is 352 g/mol. The van der Waals surface area contributed by atoms with Gasteiger partial charge in [0, 0.05) is 18.8 Å². The number of amides is 1. The Hall–Kier alpha value is -2.43. The Bertz CT molecular complexity index is 712. The van der Waals surface area contributed by atoms with E-state index in [1.165, 1.54) is 25.7 Å². The van der Waals surface area contributed by atoms with Crippen molar-refractivity contribution < 1.29 is 4.79 Å². The van der Waals surface area contributed by atoms with Crippen LogP contribution in [0.1, 0.15) is 61.1 Å². The zero-order valence-corrected chi connectivity index (χ0v) is 15.8. The molecular weight excluding hydrogens is 324 g/mol. The van der Waals surface area contributed by atoms with Crippen LogP contribution in [0, 0.1) is 0 Å². The number of benzene rings is 1. The minimum atomic E-state index is -0.199. The van der Waals surface area contributed by atoms with Crippen molar-refractivity contribution in [1.29, 1.82) is 0 Å². The van der Waals surface area contributed by atoms with Crippen LogP contribution in [-0.2, 0) is 12.8 Å². The molecule has 3 rings (SSSR count). The molecule has 1 aromatic carbocycles. The quantitative estimate of drug-likeness (QED) is 0.875. The Kier molecular flexibility index (Phi) is 6.21. The largest absolute Gasteiger partial charge is 0.355 e. The van der Waals surface area contributed by atoms with Crippen LogP contribution in [-0.4, -0.2) is 29.0 Å². The van der Waals surface area contributed by atoms with Gasteiger partial charge < -0.3 is 10.2 Å². The van der Waals surface area contributed by atoms with Crippen molar-refractivity contribution in [3.05, 3.63) is 47.4 Å². The van der Waals surface area contributed by atoms with Gasteiger partial charge in [-0.3, -0.25) is 4.79 Å². The minimum absolute atomic E-state index is 0.199. The first-order valence-electron chi connectivity index (χ1n) is 9.72. The van der Waals surface area contributed by atoms with Crippen molar-refractivity contribution in [1.82, 2.24) is 9.97 Å². The lowest BCUT2D eigenvalue weighted by atomic mass is 10.0. The number of hydrogen-bond donors (Lipinski definition) is 1. The Morgan fingerprint density at radius 3 is 2.19 bits per heavy atom. The predicted octanol–water partition coefficient (Wildman–Crippen LogP) is 4.23. The number of nitrogens with one attached hydrogen (secondary N) is 1. The van der Waals surface area contributed by atoms with Crippen LogP contribution < -0.4 is 10.2 Å². The number of aryl methyl sites for hydroxylation is 2. The van der Waals surface area contributed by atoms with E-state index in [2.05, 4.69) is 46.2 Å². The Morgan fingerprint density at radius 2 is 1.65 bits per heavy atom. The number of carbonyl (C=O) groups excluding carboxylic acids is 1. The third-order valence-electron chi connectivity index (χ3n) is 5.04. The number of carbonyl (C=O) groups is 1. The molecule has 1 fully saturated rings. The van der Waals surface area contributed by atoms with Gasteiger partial charge in [-0.05, 0) is 36.8 Å². The predicted molar refractivity (Wildman–Crippen MR) is 106 cm³/mol. The van der Waals surface area contributed by atoms with Gasteiger partial charge in [-0.25, -0.2) is 9.97 Å². The highest BCUT2D eigenvalue weighted by molar-refractivity contribution is 6.03. The summed E-state index contributed by atoms with van der Waals surface area (Å²) >= 11 is 0. The van der Waals surface area contributed by atoms with Crippen molar-refractivity contribution >= 4 is 17.4 Å². The van der Waals surface area contributed by atoms with E-state index < -0.39 is 0 Å². The Morgan fingerprint density at radius 1 is 1.00 bits per heavy atom. The number of para-hydroxylation sites is 1. The van der Waals surface area contributed by atoms with Gasteiger partial charge in [0.15, 0.2) is 0 Å². The van der Waals surface area contributed by atoms with E-state index in [1.54, 1.807) is 12.4 Å². The summed E-state index contributed by atoms with van der Waals surface area (Å²) in [5.41, 5.74) is 3.57. The number of aromatic nitrogens is 2. The van der Waals surface area contributed by atoms with Crippen LogP contribution in [0.3, 0.4) is 0 Å². The van der Waals surface area contributed by atoms with Crippen LogP contribution in [0.25, 0.3) is 0 Å². The van der Waals surface area contributed by atoms with Gasteiger partial charge in [0.1, 0.15) is 11.5 Å². The third kappa shape index (κ3) is 4.21. The van der Waals surface area contributed by atoms with Crippen LogP contribution >= 0.6 is 0 Å². The standard InChI is InChI=1S/C21H28N4O/c1-3-16-10-9-11-17(4-2)20(16)24-21(26)18-14-23-19(15-22-18)25-12-7-5-6-8-13-25/h9-11,14-15H,3-8,12-13H2,1-2H3,(H,24,26). The topological polar surface area (TPSA) is 58.1 Å². The molecule has 1 N–H and O–H groups in total. The molecule has 1 amide bonds. The SMILES string of the molecule is CCc1cccc(CC)c1NC(=O)c1cnc(N2CCCCCC2)cn1. The lowest BCUT2D eigenvalue weighted by molar-refractivity contribution is 0.102. The van der Waals surface area contributed by atoms with E-state index in [0.717, 1.165) is 48.6 Å². The molecule has 5 heteroatoms. The molecule has 0 spiro atoms. The fourth-order valence-corrected chi connectivity index (χ4v) is 3.48. The summed E-state index contributed by atoms with van der Waals surface area (Å²) in [5, 5.41) is 3.05. The number of rotatable bonds is 5. The smallest absolute Gasteiger partial charge is 0.275 e. The van der Waals surface area contributed by atoms with Crippen LogP contribution in [0.4, 0.5) is 11.5 Å². The lowest BCUT2D eigenvalue weighted by Crippen LogP contribution is -2.25. The first-order chi connectivity index (χ1) is 12.7. The Labute approximate surface area is 155 Å². The third-order valence-corrected chi connectivity index (χ3v) is 5.04.